The number of imidazole rings is 1. The van der Waals surface area contributed by atoms with Crippen LogP contribution in [-0.2, 0) is 0 Å². The minimum absolute atomic E-state index is 0.195. The summed E-state index contributed by atoms with van der Waals surface area (Å²) in [6.45, 7) is 0. The molecule has 1 aromatic carbocycles. The Hall–Kier alpha value is -3.81. The van der Waals surface area contributed by atoms with Crippen molar-refractivity contribution in [2.75, 3.05) is 12.4 Å². The lowest BCUT2D eigenvalue weighted by molar-refractivity contribution is 0.0963. The molecule has 0 spiro atoms. The highest BCUT2D eigenvalue weighted by Gasteiger charge is 2.16. The summed E-state index contributed by atoms with van der Waals surface area (Å²) < 4.78 is 15.9. The number of hydrogen-bond donors (Lipinski definition) is 2. The van der Waals surface area contributed by atoms with Crippen LogP contribution in [0.5, 0.6) is 0 Å². The van der Waals surface area contributed by atoms with E-state index in [4.69, 9.17) is 0 Å². The first-order chi connectivity index (χ1) is 13.2. The van der Waals surface area contributed by atoms with Crippen LogP contribution in [0.2, 0.25) is 0 Å². The van der Waals surface area contributed by atoms with Crippen LogP contribution in [0, 0.1) is 5.82 Å². The molecule has 3 aromatic heterocycles. The number of benzene rings is 1. The van der Waals surface area contributed by atoms with Crippen molar-refractivity contribution >= 4 is 22.9 Å². The van der Waals surface area contributed by atoms with Gasteiger partial charge in [-0.3, -0.25) is 9.78 Å². The van der Waals surface area contributed by atoms with Crippen molar-refractivity contribution in [3.63, 3.8) is 0 Å². The van der Waals surface area contributed by atoms with E-state index in [1.165, 1.54) is 6.20 Å². The Bertz CT molecular complexity index is 1140. The smallest absolute Gasteiger partial charge is 0.251 e. The predicted octanol–water partition coefficient (Wildman–Crippen LogP) is 3.03. The van der Waals surface area contributed by atoms with Gasteiger partial charge in [0.15, 0.2) is 5.65 Å². The topological polar surface area (TPSA) is 84.2 Å². The first kappa shape index (κ1) is 16.6. The number of nitrogens with one attached hydrogen (secondary N) is 2. The highest BCUT2D eigenvalue weighted by Crippen LogP contribution is 2.33. The molecule has 0 bridgehead atoms. The molecule has 0 fully saturated rings. The van der Waals surface area contributed by atoms with Gasteiger partial charge in [0, 0.05) is 48.0 Å². The number of anilines is 2. The van der Waals surface area contributed by atoms with Gasteiger partial charge < -0.3 is 10.6 Å². The van der Waals surface area contributed by atoms with Crippen molar-refractivity contribution in [1.82, 2.24) is 24.9 Å². The Labute approximate surface area is 153 Å². The fraction of sp³-hybridized carbons (Fsp3) is 0.0526. The van der Waals surface area contributed by atoms with Crippen LogP contribution in [0.25, 0.3) is 16.8 Å². The maximum absolute atomic E-state index is 14.3. The third-order valence-electron chi connectivity index (χ3n) is 4.11. The first-order valence-corrected chi connectivity index (χ1v) is 8.19. The van der Waals surface area contributed by atoms with Gasteiger partial charge in [0.1, 0.15) is 5.82 Å². The average molecular weight is 362 g/mol. The van der Waals surface area contributed by atoms with Gasteiger partial charge in [-0.2, -0.15) is 5.10 Å². The number of hydrogen-bond acceptors (Lipinski definition) is 5. The number of carbonyl (C=O) groups is 1. The zero-order chi connectivity index (χ0) is 18.8. The van der Waals surface area contributed by atoms with Gasteiger partial charge in [-0.1, -0.05) is 6.07 Å². The highest BCUT2D eigenvalue weighted by atomic mass is 19.1. The third-order valence-corrected chi connectivity index (χ3v) is 4.11. The number of rotatable bonds is 4. The van der Waals surface area contributed by atoms with Crippen LogP contribution in [0.4, 0.5) is 15.8 Å². The zero-order valence-electron chi connectivity index (χ0n) is 14.3. The number of fused-ring (bicyclic) bond motifs is 1. The number of carbonyl (C=O) groups excluding carboxylic acids is 1. The van der Waals surface area contributed by atoms with E-state index in [-0.39, 0.29) is 5.91 Å². The molecule has 0 atom stereocenters. The second-order valence-corrected chi connectivity index (χ2v) is 5.77. The van der Waals surface area contributed by atoms with Gasteiger partial charge in [0.05, 0.1) is 18.1 Å². The molecule has 0 saturated carbocycles. The standard InChI is InChI=1S/C19H15FN6O/c1-21-19(27)12-3-2-4-13(9-12)25-17-15(14-5-6-22-11-16(14)20)10-24-26-8-7-23-18(17)26/h2-11,25H,1H3,(H,21,27). The van der Waals surface area contributed by atoms with Gasteiger partial charge in [0.2, 0.25) is 0 Å². The molecule has 0 aliphatic rings. The van der Waals surface area contributed by atoms with Crippen molar-refractivity contribution in [3.05, 3.63) is 72.7 Å². The van der Waals surface area contributed by atoms with E-state index in [2.05, 4.69) is 25.7 Å². The second-order valence-electron chi connectivity index (χ2n) is 5.77. The Morgan fingerprint density at radius 1 is 1.15 bits per heavy atom. The van der Waals surface area contributed by atoms with E-state index in [0.717, 1.165) is 6.20 Å². The average Bonchev–Trinajstić information content (AvgIpc) is 3.18. The van der Waals surface area contributed by atoms with E-state index in [0.29, 0.717) is 33.7 Å². The SMILES string of the molecule is CNC(=O)c1cccc(Nc2c(-c3ccncc3F)cnn3ccnc23)c1. The molecule has 0 aliphatic heterocycles. The molecule has 7 nitrogen and oxygen atoms in total. The van der Waals surface area contributed by atoms with Crippen molar-refractivity contribution in [2.24, 2.45) is 0 Å². The zero-order valence-corrected chi connectivity index (χ0v) is 14.3. The molecule has 1 amide bonds. The molecule has 3 heterocycles. The van der Waals surface area contributed by atoms with Gasteiger partial charge >= 0.3 is 0 Å². The summed E-state index contributed by atoms with van der Waals surface area (Å²) in [5.41, 5.74) is 3.19. The predicted molar refractivity (Wildman–Crippen MR) is 99.3 cm³/mol. The minimum atomic E-state index is -0.461. The summed E-state index contributed by atoms with van der Waals surface area (Å²) in [6.07, 6.45) is 7.55. The molecule has 27 heavy (non-hydrogen) atoms. The lowest BCUT2D eigenvalue weighted by atomic mass is 10.1. The summed E-state index contributed by atoms with van der Waals surface area (Å²) in [7, 11) is 1.57. The van der Waals surface area contributed by atoms with Crippen LogP contribution < -0.4 is 10.6 Å². The lowest BCUT2D eigenvalue weighted by Crippen LogP contribution is -2.17. The van der Waals surface area contributed by atoms with E-state index in [1.54, 1.807) is 54.4 Å². The van der Waals surface area contributed by atoms with E-state index in [1.807, 2.05) is 6.07 Å². The number of aromatic nitrogens is 4. The Morgan fingerprint density at radius 2 is 2.04 bits per heavy atom. The lowest BCUT2D eigenvalue weighted by Gasteiger charge is -2.14. The van der Waals surface area contributed by atoms with Crippen molar-refractivity contribution in [2.45, 2.75) is 0 Å². The van der Waals surface area contributed by atoms with E-state index in [9.17, 15) is 9.18 Å². The molecule has 4 rings (SSSR count). The van der Waals surface area contributed by atoms with Crippen LogP contribution in [0.1, 0.15) is 10.4 Å². The molecular weight excluding hydrogens is 347 g/mol. The van der Waals surface area contributed by atoms with Gasteiger partial charge in [-0.05, 0) is 24.3 Å². The van der Waals surface area contributed by atoms with E-state index >= 15 is 0 Å². The molecule has 0 saturated heterocycles. The summed E-state index contributed by atoms with van der Waals surface area (Å²) in [6, 6.07) is 8.59. The quantitative estimate of drug-likeness (QED) is 0.583. The summed E-state index contributed by atoms with van der Waals surface area (Å²) in [5.74, 6) is -0.655. The maximum atomic E-state index is 14.3. The van der Waals surface area contributed by atoms with Crippen molar-refractivity contribution in [3.8, 4) is 11.1 Å². The Balaban J connectivity index is 1.86. The van der Waals surface area contributed by atoms with Crippen molar-refractivity contribution < 1.29 is 9.18 Å². The molecule has 0 unspecified atom stereocenters. The normalized spacial score (nSPS) is 10.7. The summed E-state index contributed by atoms with van der Waals surface area (Å²) >= 11 is 0. The molecule has 8 heteroatoms. The first-order valence-electron chi connectivity index (χ1n) is 8.19. The van der Waals surface area contributed by atoms with E-state index < -0.39 is 5.82 Å². The minimum Gasteiger partial charge on any atom is -0.355 e. The molecule has 0 aliphatic carbocycles. The summed E-state index contributed by atoms with van der Waals surface area (Å²) in [5, 5.41) is 10.1. The Kier molecular flexibility index (Phi) is 4.21. The molecule has 4 aromatic rings. The highest BCUT2D eigenvalue weighted by molar-refractivity contribution is 5.96. The van der Waals surface area contributed by atoms with Crippen LogP contribution >= 0.6 is 0 Å². The number of halogens is 1. The fourth-order valence-corrected chi connectivity index (χ4v) is 2.82. The Morgan fingerprint density at radius 3 is 2.85 bits per heavy atom. The molecule has 0 radical (unpaired) electrons. The molecular formula is C19H15FN6O. The number of amides is 1. The third kappa shape index (κ3) is 3.08. The summed E-state index contributed by atoms with van der Waals surface area (Å²) in [4.78, 5) is 20.0. The van der Waals surface area contributed by atoms with Gasteiger partial charge in [-0.25, -0.2) is 13.9 Å². The largest absolute Gasteiger partial charge is 0.355 e. The van der Waals surface area contributed by atoms with Crippen LogP contribution in [0.3, 0.4) is 0 Å². The monoisotopic (exact) mass is 362 g/mol. The molecule has 134 valence electrons. The number of pyridine rings is 1. The van der Waals surface area contributed by atoms with Gasteiger partial charge in [0.25, 0.3) is 5.91 Å². The number of nitrogens with zero attached hydrogens (tertiary/aromatic N) is 4. The molecule has 2 N–H and O–H groups in total. The van der Waals surface area contributed by atoms with Crippen LogP contribution in [-0.4, -0.2) is 32.5 Å². The van der Waals surface area contributed by atoms with Crippen LogP contribution in [0.15, 0.2) is 61.3 Å². The second kappa shape index (κ2) is 6.83. The maximum Gasteiger partial charge on any atom is 0.251 e. The fourth-order valence-electron chi connectivity index (χ4n) is 2.82. The van der Waals surface area contributed by atoms with Gasteiger partial charge in [-0.15, -0.1) is 0 Å². The van der Waals surface area contributed by atoms with Crippen molar-refractivity contribution in [1.29, 1.82) is 0 Å².